The Labute approximate surface area is 46.7 Å². The number of hydrogen-bond donors (Lipinski definition) is 0. The van der Waals surface area contributed by atoms with Crippen LogP contribution in [0.4, 0.5) is 13.2 Å². The number of alkyl halides is 3. The molecule has 0 spiro atoms. The third-order valence-corrected chi connectivity index (χ3v) is 0.783. The van der Waals surface area contributed by atoms with Crippen LogP contribution in [0.25, 0.3) is 0 Å². The monoisotopic (exact) mass is 126 g/mol. The fourth-order valence-corrected chi connectivity index (χ4v) is 0.356. The molecule has 0 aromatic rings. The van der Waals surface area contributed by atoms with E-state index in [1.165, 1.54) is 6.92 Å². The Balaban J connectivity index is 2.93. The van der Waals surface area contributed by atoms with Gasteiger partial charge in [-0.3, -0.25) is 0 Å². The van der Waals surface area contributed by atoms with Gasteiger partial charge in [-0.05, 0) is 13.3 Å². The van der Waals surface area contributed by atoms with E-state index in [1.54, 1.807) is 0 Å². The van der Waals surface area contributed by atoms with Crippen LogP contribution >= 0.6 is 0 Å². The fraction of sp³-hybridized carbons (Fsp3) is 1.00. The highest BCUT2D eigenvalue weighted by molar-refractivity contribution is 4.48. The van der Waals surface area contributed by atoms with Gasteiger partial charge in [0, 0.05) is 6.42 Å². The van der Waals surface area contributed by atoms with E-state index in [2.05, 4.69) is 0 Å². The Morgan fingerprint density at radius 2 is 1.62 bits per heavy atom. The Morgan fingerprint density at radius 3 is 1.75 bits per heavy atom. The first kappa shape index (κ1) is 7.79. The van der Waals surface area contributed by atoms with Crippen molar-refractivity contribution in [1.29, 1.82) is 0 Å². The molecule has 0 radical (unpaired) electrons. The summed E-state index contributed by atoms with van der Waals surface area (Å²) in [6, 6.07) is 0. The van der Waals surface area contributed by atoms with Gasteiger partial charge in [0.1, 0.15) is 0 Å². The van der Waals surface area contributed by atoms with Crippen LogP contribution < -0.4 is 0 Å². The molecule has 8 heavy (non-hydrogen) atoms. The molecular formula is C5H9F3. The highest BCUT2D eigenvalue weighted by atomic mass is 19.3. The van der Waals surface area contributed by atoms with Crippen molar-refractivity contribution in [3.63, 3.8) is 0 Å². The first-order valence-electron chi connectivity index (χ1n) is 2.55. The summed E-state index contributed by atoms with van der Waals surface area (Å²) < 4.78 is 34.2. The van der Waals surface area contributed by atoms with Crippen LogP contribution in [0.15, 0.2) is 0 Å². The molecule has 0 rings (SSSR count). The van der Waals surface area contributed by atoms with E-state index in [-0.39, 0.29) is 12.8 Å². The van der Waals surface area contributed by atoms with Crippen LogP contribution in [0.1, 0.15) is 19.8 Å². The maximum Gasteiger partial charge on any atom is 0.238 e. The summed E-state index contributed by atoms with van der Waals surface area (Å²) >= 11 is 0. The van der Waals surface area contributed by atoms with Crippen molar-refractivity contribution in [1.82, 2.24) is 0 Å². The molecule has 0 N–H and O–H groups in total. The molecule has 0 aliphatic heterocycles. The minimum atomic E-state index is -2.35. The molecule has 0 bridgehead atoms. The normalized spacial score (nSPS) is 14.6. The highest BCUT2D eigenvalue weighted by Crippen LogP contribution is 2.07. The van der Waals surface area contributed by atoms with E-state index in [0.717, 1.165) is 0 Å². The van der Waals surface area contributed by atoms with E-state index in [9.17, 15) is 13.2 Å². The molecule has 0 saturated heterocycles. The number of rotatable bonds is 3. The summed E-state index contributed by atoms with van der Waals surface area (Å²) in [6.45, 7) is 1.28. The van der Waals surface area contributed by atoms with Gasteiger partial charge in [-0.15, -0.1) is 0 Å². The zero-order valence-electron chi connectivity index (χ0n) is 4.70. The van der Waals surface area contributed by atoms with E-state index in [4.69, 9.17) is 0 Å². The third kappa shape index (κ3) is 5.79. The molecule has 0 nitrogen and oxygen atoms in total. The van der Waals surface area contributed by atoms with Gasteiger partial charge < -0.3 is 0 Å². The molecular weight excluding hydrogens is 117 g/mol. The van der Waals surface area contributed by atoms with Crippen molar-refractivity contribution >= 4 is 0 Å². The van der Waals surface area contributed by atoms with Crippen LogP contribution in [-0.2, 0) is 0 Å². The third-order valence-electron chi connectivity index (χ3n) is 0.783. The second-order valence-corrected chi connectivity index (χ2v) is 1.75. The summed E-state index contributed by atoms with van der Waals surface area (Å²) in [6.07, 6.45) is -3.80. The molecule has 0 amide bonds. The average Bonchev–Trinajstić information content (AvgIpc) is 1.61. The predicted octanol–water partition coefficient (Wildman–Crippen LogP) is 2.39. The molecule has 50 valence electrons. The van der Waals surface area contributed by atoms with Gasteiger partial charge >= 0.3 is 0 Å². The lowest BCUT2D eigenvalue weighted by Crippen LogP contribution is -1.97. The molecule has 3 heteroatoms. The number of hydrogen-bond acceptors (Lipinski definition) is 0. The van der Waals surface area contributed by atoms with Crippen LogP contribution in [0.5, 0.6) is 0 Å². The topological polar surface area (TPSA) is 0 Å². The van der Waals surface area contributed by atoms with E-state index in [1.807, 2.05) is 0 Å². The van der Waals surface area contributed by atoms with Crippen molar-refractivity contribution in [3.05, 3.63) is 0 Å². The smallest absolute Gasteiger partial charge is 0.238 e. The largest absolute Gasteiger partial charge is 0.248 e. The van der Waals surface area contributed by atoms with E-state index < -0.39 is 12.6 Å². The highest BCUT2D eigenvalue weighted by Gasteiger charge is 2.04. The molecule has 0 aliphatic carbocycles. The molecule has 0 unspecified atom stereocenters. The zero-order valence-corrected chi connectivity index (χ0v) is 4.70. The van der Waals surface area contributed by atoms with Crippen LogP contribution in [0, 0.1) is 0 Å². The fourth-order valence-electron chi connectivity index (χ4n) is 0.356. The summed E-state index contributed by atoms with van der Waals surface area (Å²) in [5.74, 6) is 0. The second-order valence-electron chi connectivity index (χ2n) is 1.75. The average molecular weight is 126 g/mol. The van der Waals surface area contributed by atoms with Gasteiger partial charge in [-0.1, -0.05) is 0 Å². The molecule has 0 aliphatic rings. The van der Waals surface area contributed by atoms with Gasteiger partial charge in [-0.25, -0.2) is 13.2 Å². The van der Waals surface area contributed by atoms with Gasteiger partial charge in [-0.2, -0.15) is 0 Å². The van der Waals surface area contributed by atoms with Crippen LogP contribution in [0.3, 0.4) is 0 Å². The maximum atomic E-state index is 11.7. The Morgan fingerprint density at radius 1 is 1.12 bits per heavy atom. The van der Waals surface area contributed by atoms with Gasteiger partial charge in [0.05, 0.1) is 6.17 Å². The van der Waals surface area contributed by atoms with E-state index >= 15 is 0 Å². The first-order valence-corrected chi connectivity index (χ1v) is 2.55. The second kappa shape index (κ2) is 3.75. The minimum absolute atomic E-state index is 0.0301. The van der Waals surface area contributed by atoms with Crippen molar-refractivity contribution in [2.45, 2.75) is 32.4 Å². The van der Waals surface area contributed by atoms with Crippen LogP contribution in [0.2, 0.25) is 0 Å². The molecule has 0 aromatic carbocycles. The minimum Gasteiger partial charge on any atom is -0.248 e. The molecule has 1 atom stereocenters. The molecule has 0 fully saturated rings. The lowest BCUT2D eigenvalue weighted by atomic mass is 10.2. The number of halogens is 3. The summed E-state index contributed by atoms with van der Waals surface area (Å²) in [5.41, 5.74) is 0. The van der Waals surface area contributed by atoms with Gasteiger partial charge in [0.2, 0.25) is 6.43 Å². The van der Waals surface area contributed by atoms with Crippen molar-refractivity contribution in [2.24, 2.45) is 0 Å². The van der Waals surface area contributed by atoms with E-state index in [0.29, 0.717) is 0 Å². The Hall–Kier alpha value is -0.210. The summed E-state index contributed by atoms with van der Waals surface area (Å²) in [4.78, 5) is 0. The Kier molecular flexibility index (Phi) is 3.65. The SMILES string of the molecule is C[C@@H](F)CCC(F)F. The molecule has 0 aromatic heterocycles. The standard InChI is InChI=1S/C5H9F3/c1-4(6)2-3-5(7)8/h4-5H,2-3H2,1H3/t4-/m1/s1. The quantitative estimate of drug-likeness (QED) is 0.544. The first-order chi connectivity index (χ1) is 3.63. The molecule has 0 saturated carbocycles. The van der Waals surface area contributed by atoms with Gasteiger partial charge in [0.15, 0.2) is 0 Å². The lowest BCUT2D eigenvalue weighted by Gasteiger charge is -1.98. The summed E-state index contributed by atoms with van der Waals surface area (Å²) in [7, 11) is 0. The Bertz CT molecular complexity index is 43.6. The summed E-state index contributed by atoms with van der Waals surface area (Å²) in [5, 5.41) is 0. The van der Waals surface area contributed by atoms with Crippen LogP contribution in [-0.4, -0.2) is 12.6 Å². The lowest BCUT2D eigenvalue weighted by molar-refractivity contribution is 0.123. The zero-order chi connectivity index (χ0) is 6.57. The van der Waals surface area contributed by atoms with Crippen molar-refractivity contribution in [2.75, 3.05) is 0 Å². The van der Waals surface area contributed by atoms with Crippen molar-refractivity contribution < 1.29 is 13.2 Å². The predicted molar refractivity (Wildman–Crippen MR) is 25.8 cm³/mol. The van der Waals surface area contributed by atoms with Crippen molar-refractivity contribution in [3.8, 4) is 0 Å². The molecule has 0 heterocycles. The van der Waals surface area contributed by atoms with Gasteiger partial charge in [0.25, 0.3) is 0 Å². The maximum absolute atomic E-state index is 11.7.